The van der Waals surface area contributed by atoms with Gasteiger partial charge in [-0.25, -0.2) is 0 Å². The summed E-state index contributed by atoms with van der Waals surface area (Å²) >= 11 is 0. The molecule has 10 heavy (non-hydrogen) atoms. The molecule has 10 heteroatoms. The number of nitrogens with zero attached hydrogens (tertiary/aromatic N) is 2. The first-order valence-corrected chi connectivity index (χ1v) is 1.10. The second-order valence-corrected chi connectivity index (χ2v) is 0.447. The molecule has 0 saturated carbocycles. The van der Waals surface area contributed by atoms with Gasteiger partial charge < -0.3 is 30.6 Å². The number of hydrogen-bond acceptors (Lipinski definition) is 6. The summed E-state index contributed by atoms with van der Waals surface area (Å²) in [6, 6.07) is 0. The van der Waals surface area contributed by atoms with E-state index >= 15 is 0 Å². The molecule has 0 saturated heterocycles. The van der Waals surface area contributed by atoms with Crippen LogP contribution in [0.15, 0.2) is 0 Å². The monoisotopic (exact) mass is 246 g/mol. The maximum atomic E-state index is 8.25. The molecule has 0 fully saturated rings. The summed E-state index contributed by atoms with van der Waals surface area (Å²) in [6.45, 7) is 0. The van der Waals surface area contributed by atoms with Crippen molar-refractivity contribution in [1.29, 1.82) is 0 Å². The molecule has 0 unspecified atom stereocenters. The minimum Gasteiger partial charge on any atom is -0.356 e. The third-order valence-electron chi connectivity index (χ3n) is 0. The molecule has 0 atom stereocenters. The van der Waals surface area contributed by atoms with Gasteiger partial charge in [0.2, 0.25) is 0 Å². The first-order chi connectivity index (χ1) is 3.46. The van der Waals surface area contributed by atoms with E-state index in [2.05, 4.69) is 0 Å². The summed E-state index contributed by atoms with van der Waals surface area (Å²) in [7, 11) is 0. The zero-order valence-electron chi connectivity index (χ0n) is 3.98. The van der Waals surface area contributed by atoms with Crippen LogP contribution in [0, 0.1) is 30.6 Å². The molecule has 0 aliphatic carbocycles. The van der Waals surface area contributed by atoms with E-state index in [1.807, 2.05) is 0 Å². The van der Waals surface area contributed by atoms with Gasteiger partial charge in [-0.1, -0.05) is 0 Å². The molecular formula is CoCuN2O6+2. The fourth-order valence-electron chi connectivity index (χ4n) is 0. The van der Waals surface area contributed by atoms with Gasteiger partial charge in [-0.15, -0.1) is 0 Å². The van der Waals surface area contributed by atoms with E-state index in [1.54, 1.807) is 0 Å². The predicted octanol–water partition coefficient (Wildman–Crippen LogP) is -0.483. The second-order valence-electron chi connectivity index (χ2n) is 0.447. The van der Waals surface area contributed by atoms with E-state index in [4.69, 9.17) is 30.6 Å². The summed E-state index contributed by atoms with van der Waals surface area (Å²) in [5, 5.41) is 29.5. The third kappa shape index (κ3) is 931. The Morgan fingerprint density at radius 1 is 0.800 bits per heavy atom. The average Bonchev–Trinajstić information content (AvgIpc) is 1.25. The Bertz CT molecular complexity index is 73.7. The molecule has 0 aliphatic heterocycles. The van der Waals surface area contributed by atoms with E-state index in [0.717, 1.165) is 0 Å². The average molecular weight is 246 g/mol. The van der Waals surface area contributed by atoms with Gasteiger partial charge in [0.05, 0.1) is 10.2 Å². The third-order valence-corrected chi connectivity index (χ3v) is 0. The van der Waals surface area contributed by atoms with Gasteiger partial charge in [-0.05, 0) is 0 Å². The van der Waals surface area contributed by atoms with Crippen molar-refractivity contribution >= 4 is 0 Å². The smallest absolute Gasteiger partial charge is 0.356 e. The van der Waals surface area contributed by atoms with Crippen molar-refractivity contribution in [2.75, 3.05) is 0 Å². The topological polar surface area (TPSA) is 132 Å². The molecule has 0 heterocycles. The van der Waals surface area contributed by atoms with Gasteiger partial charge in [0, 0.05) is 0 Å². The molecule has 0 aromatic carbocycles. The van der Waals surface area contributed by atoms with Crippen molar-refractivity contribution < 1.29 is 44.0 Å². The Labute approximate surface area is 75.1 Å². The fourth-order valence-corrected chi connectivity index (χ4v) is 0. The Balaban J connectivity index is -0.0000000300. The van der Waals surface area contributed by atoms with Crippen molar-refractivity contribution in [3.8, 4) is 0 Å². The van der Waals surface area contributed by atoms with Crippen LogP contribution >= 0.6 is 0 Å². The maximum absolute atomic E-state index is 8.25. The molecule has 0 rings (SSSR count). The van der Waals surface area contributed by atoms with Crippen molar-refractivity contribution in [1.82, 2.24) is 0 Å². The van der Waals surface area contributed by atoms with Crippen LogP contribution in [-0.4, -0.2) is 10.2 Å². The SMILES string of the molecule is O=[N+]([O-])[O-].O=[N+]([O-])[O-].[Co+2].[Cu+2]. The van der Waals surface area contributed by atoms with E-state index in [9.17, 15) is 0 Å². The molecule has 0 aromatic rings. The zero-order chi connectivity index (χ0) is 7.15. The first-order valence-electron chi connectivity index (χ1n) is 1.10. The van der Waals surface area contributed by atoms with Crippen molar-refractivity contribution in [2.24, 2.45) is 0 Å². The van der Waals surface area contributed by atoms with Gasteiger partial charge in [0.1, 0.15) is 0 Å². The van der Waals surface area contributed by atoms with Gasteiger partial charge in [0.15, 0.2) is 0 Å². The minimum atomic E-state index is -1.75. The van der Waals surface area contributed by atoms with Crippen molar-refractivity contribution in [3.63, 3.8) is 0 Å². The normalized spacial score (nSPS) is 4.80. The summed E-state index contributed by atoms with van der Waals surface area (Å²) in [4.78, 5) is 16.5. The van der Waals surface area contributed by atoms with Crippen LogP contribution in [0.3, 0.4) is 0 Å². The number of rotatable bonds is 0. The zero-order valence-corrected chi connectivity index (χ0v) is 5.96. The molecule has 0 bridgehead atoms. The Kier molecular flexibility index (Phi) is 35.9. The molecule has 0 amide bonds. The van der Waals surface area contributed by atoms with Gasteiger partial charge >= 0.3 is 33.8 Å². The van der Waals surface area contributed by atoms with Crippen molar-refractivity contribution in [2.45, 2.75) is 0 Å². The van der Waals surface area contributed by atoms with Gasteiger partial charge in [0.25, 0.3) is 0 Å². The second kappa shape index (κ2) is 15.8. The molecular weight excluding hydrogens is 246 g/mol. The summed E-state index contributed by atoms with van der Waals surface area (Å²) in [5.74, 6) is 0. The minimum absolute atomic E-state index is 0. The number of hydrogen-bond donors (Lipinski definition) is 0. The Morgan fingerprint density at radius 2 is 0.800 bits per heavy atom. The van der Waals surface area contributed by atoms with Gasteiger partial charge in [-0.2, -0.15) is 0 Å². The largest absolute Gasteiger partial charge is 2.00 e. The van der Waals surface area contributed by atoms with Gasteiger partial charge in [-0.3, -0.25) is 0 Å². The van der Waals surface area contributed by atoms with E-state index < -0.39 is 10.2 Å². The van der Waals surface area contributed by atoms with Crippen LogP contribution in [-0.2, 0) is 33.8 Å². The molecule has 0 aliphatic rings. The molecule has 8 nitrogen and oxygen atoms in total. The first kappa shape index (κ1) is 22.7. The van der Waals surface area contributed by atoms with Crippen LogP contribution < -0.4 is 0 Å². The molecule has 64 valence electrons. The van der Waals surface area contributed by atoms with Crippen LogP contribution in [0.1, 0.15) is 0 Å². The molecule has 2 radical (unpaired) electrons. The maximum Gasteiger partial charge on any atom is 2.00 e. The fraction of sp³-hybridized carbons (Fsp3) is 0. The standard InChI is InChI=1S/Co.Cu.2NO3/c;;2*2-1(3)4/q2*+2;2*-1. The Morgan fingerprint density at radius 3 is 0.800 bits per heavy atom. The van der Waals surface area contributed by atoms with Crippen LogP contribution in [0.5, 0.6) is 0 Å². The predicted molar refractivity (Wildman–Crippen MR) is 20.7 cm³/mol. The molecule has 0 spiro atoms. The summed E-state index contributed by atoms with van der Waals surface area (Å²) in [6.07, 6.45) is 0. The van der Waals surface area contributed by atoms with Crippen LogP contribution in [0.2, 0.25) is 0 Å². The molecule has 0 aromatic heterocycles. The van der Waals surface area contributed by atoms with E-state index in [0.29, 0.717) is 0 Å². The van der Waals surface area contributed by atoms with E-state index in [1.165, 1.54) is 0 Å². The van der Waals surface area contributed by atoms with Crippen LogP contribution in [0.25, 0.3) is 0 Å². The van der Waals surface area contributed by atoms with Crippen LogP contribution in [0.4, 0.5) is 0 Å². The summed E-state index contributed by atoms with van der Waals surface area (Å²) < 4.78 is 0. The Hall–Kier alpha value is -0.574. The van der Waals surface area contributed by atoms with Crippen molar-refractivity contribution in [3.05, 3.63) is 30.6 Å². The quantitative estimate of drug-likeness (QED) is 0.322. The summed E-state index contributed by atoms with van der Waals surface area (Å²) in [5.41, 5.74) is 0. The van der Waals surface area contributed by atoms with E-state index in [-0.39, 0.29) is 33.8 Å². The molecule has 0 N–H and O–H groups in total.